The highest BCUT2D eigenvalue weighted by Crippen LogP contribution is 2.46. The second kappa shape index (κ2) is 22.3. The van der Waals surface area contributed by atoms with Crippen LogP contribution >= 0.6 is 0 Å². The number of carbonyl (C=O) groups is 3. The number of rotatable bonds is 12. The number of aliphatic imine (C=N–C) groups is 1. The first-order valence-corrected chi connectivity index (χ1v) is 25.5. The fourth-order valence-corrected chi connectivity index (χ4v) is 11.1. The molecule has 2 aromatic rings. The first-order chi connectivity index (χ1) is 31.3. The number of carbonyl (C=O) groups excluding carboxylic acids is 3. The van der Waals surface area contributed by atoms with Gasteiger partial charge in [0, 0.05) is 55.9 Å². The largest absolute Gasteiger partial charge is 0.459 e. The van der Waals surface area contributed by atoms with Crippen LogP contribution in [0.2, 0.25) is 0 Å². The number of aliphatic hydroxyl groups excluding tert-OH is 1. The van der Waals surface area contributed by atoms with Gasteiger partial charge in [-0.25, -0.2) is 22.5 Å². The number of hydrogen-bond acceptors (Lipinski definition) is 14. The Balaban J connectivity index is 1.43. The number of likely N-dealkylation sites (N-methyl/N-ethyl adjacent to an activating group) is 1. The second-order valence-electron chi connectivity index (χ2n) is 20.1. The Morgan fingerprint density at radius 3 is 2.42 bits per heavy atom. The molecule has 0 saturated carbocycles. The van der Waals surface area contributed by atoms with E-state index in [0.29, 0.717) is 50.1 Å². The molecule has 3 saturated heterocycles. The number of aliphatic hydroxyl groups is 2. The van der Waals surface area contributed by atoms with Crippen LogP contribution in [-0.4, -0.2) is 143 Å². The number of aromatic nitrogens is 3. The molecule has 1 amide bonds. The molecule has 4 heterocycles. The Morgan fingerprint density at radius 2 is 1.81 bits per heavy atom. The van der Waals surface area contributed by atoms with Crippen molar-refractivity contribution in [2.24, 2.45) is 34.1 Å². The third-order valence-electron chi connectivity index (χ3n) is 14.3. The molecular formula is C49H74FN5O11S. The molecule has 3 fully saturated rings. The number of cyclic esters (lactones) is 1. The zero-order valence-electron chi connectivity index (χ0n) is 41.2. The molecule has 3 aliphatic rings. The molecule has 2 bridgehead atoms. The van der Waals surface area contributed by atoms with E-state index in [-0.39, 0.29) is 30.4 Å². The maximum atomic E-state index is 14.6. The van der Waals surface area contributed by atoms with E-state index >= 15 is 0 Å². The van der Waals surface area contributed by atoms with Gasteiger partial charge in [0.25, 0.3) is 0 Å². The van der Waals surface area contributed by atoms with E-state index in [1.165, 1.54) is 30.7 Å². The highest BCUT2D eigenvalue weighted by Gasteiger charge is 2.52. The van der Waals surface area contributed by atoms with Crippen LogP contribution in [-0.2, 0) is 56.0 Å². The Hall–Kier alpha value is -3.78. The Bertz CT molecular complexity index is 2200. The highest BCUT2D eigenvalue weighted by molar-refractivity contribution is 7.90. The minimum Gasteiger partial charge on any atom is -0.459 e. The first kappa shape index (κ1) is 54.2. The molecule has 18 heteroatoms. The SMILES string of the molecule is C=C1CC[C@]2(C)C[C@@H](C)/C(=N\C(C)=O)[C@H](C)[C@@H](OC1)[C@](C)(O)[C@@H](CC)OC(=O)[C@H](C)C(=O)[C@H](C)[C@H]2O[C@@H]1O[C@H](C)C[C@H](N(C)CCc2cn([C@H](CF)Cc3ccc(S(C)(=O)=O)cc3)nn2)[C@H]1O. The summed E-state index contributed by atoms with van der Waals surface area (Å²) < 4.78 is 65.5. The monoisotopic (exact) mass is 960 g/mol. The molecule has 16 nitrogen and oxygen atoms in total. The molecule has 67 heavy (non-hydrogen) atoms. The van der Waals surface area contributed by atoms with Crippen molar-refractivity contribution in [1.29, 1.82) is 0 Å². The summed E-state index contributed by atoms with van der Waals surface area (Å²) in [6.45, 7) is 19.7. The number of fused-ring (bicyclic) bond motifs is 5. The minimum atomic E-state index is -3.37. The molecule has 1 aromatic carbocycles. The molecule has 0 radical (unpaired) electrons. The number of benzene rings is 1. The van der Waals surface area contributed by atoms with Gasteiger partial charge >= 0.3 is 5.97 Å². The van der Waals surface area contributed by atoms with Crippen molar-refractivity contribution in [3.05, 3.63) is 53.9 Å². The van der Waals surface area contributed by atoms with Crippen molar-refractivity contribution in [3.63, 3.8) is 0 Å². The quantitative estimate of drug-likeness (QED) is 0.154. The van der Waals surface area contributed by atoms with Crippen molar-refractivity contribution in [2.45, 2.75) is 167 Å². The summed E-state index contributed by atoms with van der Waals surface area (Å²) in [5.41, 5.74) is -0.0350. The van der Waals surface area contributed by atoms with Crippen LogP contribution in [0.4, 0.5) is 4.39 Å². The molecule has 374 valence electrons. The molecule has 0 aliphatic carbocycles. The molecule has 0 unspecified atom stereocenters. The number of amides is 1. The number of esters is 1. The third kappa shape index (κ3) is 12.9. The van der Waals surface area contributed by atoms with Crippen LogP contribution in [0.5, 0.6) is 0 Å². The fourth-order valence-electron chi connectivity index (χ4n) is 10.5. The predicted molar refractivity (Wildman–Crippen MR) is 250 cm³/mol. The van der Waals surface area contributed by atoms with Gasteiger partial charge in [-0.05, 0) is 95.4 Å². The van der Waals surface area contributed by atoms with Gasteiger partial charge in [-0.3, -0.25) is 14.4 Å². The molecular weight excluding hydrogens is 886 g/mol. The van der Waals surface area contributed by atoms with E-state index in [0.717, 1.165) is 17.4 Å². The molecule has 0 spiro atoms. The summed E-state index contributed by atoms with van der Waals surface area (Å²) in [5, 5.41) is 33.0. The van der Waals surface area contributed by atoms with Crippen LogP contribution in [0.25, 0.3) is 0 Å². The number of sulfone groups is 1. The van der Waals surface area contributed by atoms with Crippen LogP contribution in [0.15, 0.2) is 52.5 Å². The zero-order valence-corrected chi connectivity index (χ0v) is 42.0. The predicted octanol–water partition coefficient (Wildman–Crippen LogP) is 5.48. The van der Waals surface area contributed by atoms with Gasteiger partial charge in [0.2, 0.25) is 5.91 Å². The van der Waals surface area contributed by atoms with Gasteiger partial charge in [0.15, 0.2) is 21.9 Å². The van der Waals surface area contributed by atoms with E-state index in [1.807, 2.05) is 39.6 Å². The number of ether oxygens (including phenoxy) is 4. The van der Waals surface area contributed by atoms with E-state index < -0.39 is 112 Å². The fraction of sp³-hybridized carbons (Fsp3) is 0.714. The number of nitrogens with zero attached hydrogens (tertiary/aromatic N) is 5. The Kier molecular flexibility index (Phi) is 18.0. The number of Topliss-reactive ketones (excluding diaryl/α,β-unsaturated/α-hetero) is 1. The first-order valence-electron chi connectivity index (χ1n) is 23.6. The van der Waals surface area contributed by atoms with Crippen LogP contribution in [0.3, 0.4) is 0 Å². The van der Waals surface area contributed by atoms with E-state index in [2.05, 4.69) is 21.9 Å². The smallest absolute Gasteiger partial charge is 0.316 e. The summed E-state index contributed by atoms with van der Waals surface area (Å²) in [4.78, 5) is 48.0. The second-order valence-corrected chi connectivity index (χ2v) is 22.1. The Morgan fingerprint density at radius 1 is 1.13 bits per heavy atom. The van der Waals surface area contributed by atoms with E-state index in [4.69, 9.17) is 18.9 Å². The lowest BCUT2D eigenvalue weighted by molar-refractivity contribution is -0.287. The van der Waals surface area contributed by atoms with Crippen LogP contribution in [0, 0.1) is 29.1 Å². The maximum absolute atomic E-state index is 14.6. The van der Waals surface area contributed by atoms with Gasteiger partial charge in [-0.15, -0.1) is 5.10 Å². The lowest BCUT2D eigenvalue weighted by Crippen LogP contribution is -2.59. The number of hydrogen-bond donors (Lipinski definition) is 2. The van der Waals surface area contributed by atoms with E-state index in [9.17, 15) is 37.4 Å². The number of ketones is 1. The van der Waals surface area contributed by atoms with Crippen molar-refractivity contribution >= 4 is 33.2 Å². The topological polar surface area (TPSA) is 209 Å². The summed E-state index contributed by atoms with van der Waals surface area (Å²) >= 11 is 0. The zero-order chi connectivity index (χ0) is 49.8. The van der Waals surface area contributed by atoms with Gasteiger partial charge in [-0.2, -0.15) is 0 Å². The summed E-state index contributed by atoms with van der Waals surface area (Å²) in [6, 6.07) is 5.23. The number of alkyl halides is 1. The summed E-state index contributed by atoms with van der Waals surface area (Å²) in [7, 11) is -1.49. The highest BCUT2D eigenvalue weighted by atomic mass is 32.2. The van der Waals surface area contributed by atoms with Gasteiger partial charge in [-0.1, -0.05) is 64.1 Å². The standard InChI is InChI=1S/C49H74FN5O11S/c1-13-40-49(10,60)45-31(5)41(51-34(8)56)29(3)24-48(9,20-18-28(2)27-63-45)44(32(6)42(57)33(7)46(59)65-40)66-47-43(58)39(22-30(4)64-47)54(11)21-19-36-26-55(53-52-36)37(25-50)23-35-14-16-38(17-15-35)67(12,61)62/h14-17,26,29-33,37,39-40,43-45,47,58,60H,2,13,18-25,27H2,1,3-12H3/b51-41+/t29-,30-,31+,32+,33-,37+,39+,40-,43-,44-,45-,47+,48-,49-/m1/s1. The summed E-state index contributed by atoms with van der Waals surface area (Å²) in [5.74, 6) is -4.84. The molecule has 2 N–H and O–H groups in total. The van der Waals surface area contributed by atoms with Crippen molar-refractivity contribution in [2.75, 3.05) is 33.1 Å². The van der Waals surface area contributed by atoms with Gasteiger partial charge in [0.05, 0.1) is 41.6 Å². The van der Waals surface area contributed by atoms with Gasteiger partial charge in [0.1, 0.15) is 30.4 Å². The van der Waals surface area contributed by atoms with Crippen molar-refractivity contribution in [3.8, 4) is 0 Å². The molecule has 14 atom stereocenters. The average molecular weight is 960 g/mol. The van der Waals surface area contributed by atoms with Crippen LogP contribution in [0.1, 0.15) is 112 Å². The Labute approximate surface area is 396 Å². The lowest BCUT2D eigenvalue weighted by atomic mass is 9.66. The summed E-state index contributed by atoms with van der Waals surface area (Å²) in [6.07, 6.45) is -0.283. The molecule has 5 rings (SSSR count). The maximum Gasteiger partial charge on any atom is 0.316 e. The van der Waals surface area contributed by atoms with Gasteiger partial charge < -0.3 is 34.1 Å². The lowest BCUT2D eigenvalue weighted by Gasteiger charge is -2.48. The van der Waals surface area contributed by atoms with E-state index in [1.54, 1.807) is 39.1 Å². The number of halogens is 1. The average Bonchev–Trinajstić information content (AvgIpc) is 3.74. The minimum absolute atomic E-state index is 0.0653. The normalized spacial score (nSPS) is 35.1. The molecule has 1 aromatic heterocycles. The third-order valence-corrected chi connectivity index (χ3v) is 15.5. The molecule has 3 aliphatic heterocycles. The van der Waals surface area contributed by atoms with Crippen molar-refractivity contribution < 1.29 is 56.4 Å². The van der Waals surface area contributed by atoms with Crippen LogP contribution < -0.4 is 0 Å². The van der Waals surface area contributed by atoms with Crippen molar-refractivity contribution in [1.82, 2.24) is 19.9 Å².